The number of carbonyl (C=O) groups is 4. The molecule has 7 aliphatic rings. The lowest BCUT2D eigenvalue weighted by atomic mass is 9.94. The van der Waals surface area contributed by atoms with Crippen LogP contribution < -0.4 is 49.8 Å². The van der Waals surface area contributed by atoms with Gasteiger partial charge in [0.25, 0.3) is 0 Å². The molecular weight excluding hydrogens is 1590 g/mol. The number of amides is 4. The van der Waals surface area contributed by atoms with E-state index in [0.29, 0.717) is 57.7 Å². The summed E-state index contributed by atoms with van der Waals surface area (Å²) in [6.07, 6.45) is 18.5. The Balaban J connectivity index is 0.000000151. The summed E-state index contributed by atoms with van der Waals surface area (Å²) < 4.78 is 19.5. The van der Waals surface area contributed by atoms with Crippen molar-refractivity contribution in [1.82, 2.24) is 80.1 Å². The molecule has 3 unspecified atom stereocenters. The number of hydrogen-bond donors (Lipinski definition) is 4. The van der Waals surface area contributed by atoms with Gasteiger partial charge in [-0.05, 0) is 185 Å². The second-order valence-corrected chi connectivity index (χ2v) is 36.7. The Morgan fingerprint density at radius 3 is 1.69 bits per heavy atom. The van der Waals surface area contributed by atoms with E-state index in [4.69, 9.17) is 44.2 Å². The van der Waals surface area contributed by atoms with Gasteiger partial charge in [-0.2, -0.15) is 5.10 Å². The fraction of sp³-hybridized carbons (Fsp3) is 0.570. The first-order valence-electron chi connectivity index (χ1n) is 44.9. The van der Waals surface area contributed by atoms with Crippen molar-refractivity contribution < 1.29 is 38.5 Å². The molecule has 0 aliphatic carbocycles. The van der Waals surface area contributed by atoms with Gasteiger partial charge in [0.1, 0.15) is 40.4 Å². The van der Waals surface area contributed by atoms with Crippen molar-refractivity contribution >= 4 is 101 Å². The van der Waals surface area contributed by atoms with Crippen LogP contribution in [0.15, 0.2) is 108 Å². The molecule has 7 aliphatic heterocycles. The normalized spacial score (nSPS) is 19.0. The Kier molecular flexibility index (Phi) is 31.1. The van der Waals surface area contributed by atoms with Gasteiger partial charge in [0.15, 0.2) is 5.13 Å². The molecule has 6 aromatic heterocycles. The number of fused-ring (bicyclic) bond motifs is 3. The highest BCUT2D eigenvalue weighted by molar-refractivity contribution is 7.13. The zero-order valence-corrected chi connectivity index (χ0v) is 75.7. The van der Waals surface area contributed by atoms with E-state index in [1.165, 1.54) is 12.8 Å². The summed E-state index contributed by atoms with van der Waals surface area (Å²) in [5.74, 6) is 3.20. The van der Waals surface area contributed by atoms with Gasteiger partial charge in [-0.3, -0.25) is 53.5 Å². The van der Waals surface area contributed by atoms with Crippen LogP contribution in [-0.2, 0) is 19.2 Å². The number of carbonyl (C=O) groups excluding carboxylic acids is 4. The third kappa shape index (κ3) is 22.6. The highest BCUT2D eigenvalue weighted by Crippen LogP contribution is 2.43. The van der Waals surface area contributed by atoms with Crippen LogP contribution in [0.1, 0.15) is 176 Å². The maximum absolute atomic E-state index is 13.7. The summed E-state index contributed by atoms with van der Waals surface area (Å²) in [7, 11) is 7.31. The minimum atomic E-state index is -0.628. The minimum Gasteiger partial charge on any atom is -0.494 e. The van der Waals surface area contributed by atoms with Crippen molar-refractivity contribution in [3.8, 4) is 17.2 Å². The second-order valence-electron chi connectivity index (χ2n) is 34.9. The van der Waals surface area contributed by atoms with Gasteiger partial charge in [-0.1, -0.05) is 32.0 Å². The molecule has 3 aromatic carbocycles. The first kappa shape index (κ1) is 89.9. The number of nitrogens with zero attached hydrogens (tertiary/aromatic N) is 17. The van der Waals surface area contributed by atoms with Crippen LogP contribution in [0.5, 0.6) is 17.2 Å². The number of aliphatic hydroxyl groups is 1. The lowest BCUT2D eigenvalue weighted by molar-refractivity contribution is -0.128. The average Bonchev–Trinajstić information content (AvgIpc) is 1.60. The minimum absolute atomic E-state index is 0.0313. The molecule has 0 bridgehead atoms. The van der Waals surface area contributed by atoms with E-state index in [-0.39, 0.29) is 53.8 Å². The van der Waals surface area contributed by atoms with Crippen molar-refractivity contribution in [2.75, 3.05) is 199 Å². The fourth-order valence-corrected chi connectivity index (χ4v) is 20.3. The summed E-state index contributed by atoms with van der Waals surface area (Å²) in [5, 5.41) is 34.5. The van der Waals surface area contributed by atoms with Crippen LogP contribution in [0, 0.1) is 6.92 Å². The number of methoxy groups -OCH3 is 3. The molecule has 123 heavy (non-hydrogen) atoms. The highest BCUT2D eigenvalue weighted by Gasteiger charge is 2.37. The van der Waals surface area contributed by atoms with Crippen LogP contribution in [0.25, 0.3) is 32.7 Å². The van der Waals surface area contributed by atoms with Gasteiger partial charge in [-0.25, -0.2) is 9.97 Å². The van der Waals surface area contributed by atoms with Crippen LogP contribution in [0.3, 0.4) is 0 Å². The first-order chi connectivity index (χ1) is 59.7. The van der Waals surface area contributed by atoms with Gasteiger partial charge in [0.05, 0.1) is 77.7 Å². The van der Waals surface area contributed by atoms with E-state index in [1.807, 2.05) is 77.7 Å². The summed E-state index contributed by atoms with van der Waals surface area (Å²) in [4.78, 5) is 99.8. The molecule has 0 saturated carbocycles. The number of nitrogens with one attached hydrogen (secondary N) is 3. The molecule has 9 aromatic rings. The molecule has 3 atom stereocenters. The summed E-state index contributed by atoms with van der Waals surface area (Å²) >= 11 is 3.28. The van der Waals surface area contributed by atoms with Crippen LogP contribution in [0.4, 0.5) is 22.2 Å². The van der Waals surface area contributed by atoms with Gasteiger partial charge in [0.2, 0.25) is 23.6 Å². The number of aromatic nitrogens is 7. The monoisotopic (exact) mass is 1720 g/mol. The molecule has 4 amide bonds. The number of rotatable bonds is 27. The number of anilines is 4. The maximum atomic E-state index is 13.7. The van der Waals surface area contributed by atoms with Crippen LogP contribution in [-0.4, -0.2) is 283 Å². The Labute approximate surface area is 734 Å². The van der Waals surface area contributed by atoms with Gasteiger partial charge >= 0.3 is 0 Å². The van der Waals surface area contributed by atoms with Gasteiger partial charge < -0.3 is 69.6 Å². The van der Waals surface area contributed by atoms with E-state index in [2.05, 4.69) is 149 Å². The van der Waals surface area contributed by atoms with Crippen molar-refractivity contribution in [2.45, 2.75) is 167 Å². The van der Waals surface area contributed by atoms with Gasteiger partial charge in [-0.15, -0.1) is 22.7 Å². The molecular formula is C93H130N20O8S2. The van der Waals surface area contributed by atoms with E-state index < -0.39 is 5.60 Å². The third-order valence-corrected chi connectivity index (χ3v) is 27.6. The molecule has 4 N–H and O–H groups in total. The van der Waals surface area contributed by atoms with E-state index in [9.17, 15) is 24.3 Å². The average molecular weight is 1720 g/mol. The number of pyridine rings is 3. The maximum Gasteiger partial charge on any atom is 0.243 e. The lowest BCUT2D eigenvalue weighted by Gasteiger charge is -2.35. The predicted molar refractivity (Wildman–Crippen MR) is 491 cm³/mol. The number of aryl methyl sites for hydroxylation is 1. The first-order valence-corrected chi connectivity index (χ1v) is 46.6. The number of thiazole rings is 2. The molecule has 13 heterocycles. The Morgan fingerprint density at radius 1 is 0.561 bits per heavy atom. The number of piperidine rings is 2. The second kappa shape index (κ2) is 42.5. The highest BCUT2D eigenvalue weighted by atomic mass is 32.1. The summed E-state index contributed by atoms with van der Waals surface area (Å²) in [6.45, 7) is 31.7. The standard InChI is InChI=1S/C33H45N7O4S.C30H43N7O2.C30H42N6O2S/c1-33(43)10-17-40(18-11-33)32-36-25(23-45-32)26(22-28(41)34-13-19-38-14-4-7-29(38)42)37-15-5-16-39(21-20-37)31-27(44-2)9-8-24-6-3-12-35-30(24)31;1-22(2)37-18-12-25(33-37)26(21-28(38)32-24-10-16-34(3)17-11-24)35-14-6-15-36(20-19-35)30-27(39-4)9-8-23-7-5-13-31-29(23)30;1-21(2)30-33-24(20-39-30)26(29(37)32-11-16-34-12-5-6-13-34)35-14-8-15-36(18-17-35)27-25-23(9-7-10-31-25)19-22(3)28(27)38-4/h3,6,8-9,12,23,26,43H,4-5,7,10-11,13-22H2,1-2H3,(H,34,41);5,7-9,12-13,18,22,24,26H,6,10-11,14-17,19-21H2,1-4H3,(H,32,38);7,9-10,19-21,26H,5-6,8,11-18H2,1-4H3,(H,32,37). The Morgan fingerprint density at radius 2 is 1.12 bits per heavy atom. The predicted octanol–water partition coefficient (Wildman–Crippen LogP) is 11.9. The number of hydrogen-bond acceptors (Lipinski definition) is 25. The van der Waals surface area contributed by atoms with E-state index in [0.717, 1.165) is 269 Å². The van der Waals surface area contributed by atoms with Crippen molar-refractivity contribution in [1.29, 1.82) is 0 Å². The largest absolute Gasteiger partial charge is 0.494 e. The van der Waals surface area contributed by atoms with Crippen LogP contribution in [0.2, 0.25) is 0 Å². The van der Waals surface area contributed by atoms with Crippen molar-refractivity contribution in [3.63, 3.8) is 0 Å². The summed E-state index contributed by atoms with van der Waals surface area (Å²) in [6, 6.07) is 24.5. The van der Waals surface area contributed by atoms with Crippen molar-refractivity contribution in [3.05, 3.63) is 136 Å². The molecule has 16 rings (SSSR count). The zero-order chi connectivity index (χ0) is 86.1. The van der Waals surface area contributed by atoms with E-state index in [1.54, 1.807) is 44.0 Å². The molecule has 662 valence electrons. The molecule has 0 spiro atoms. The number of ether oxygens (including phenoxy) is 3. The summed E-state index contributed by atoms with van der Waals surface area (Å²) in [5.41, 5.74) is 9.22. The van der Waals surface area contributed by atoms with Crippen molar-refractivity contribution in [2.24, 2.45) is 0 Å². The lowest BCUT2D eigenvalue weighted by Crippen LogP contribution is -2.44. The number of likely N-dealkylation sites (tertiary alicyclic amines) is 3. The van der Waals surface area contributed by atoms with Crippen LogP contribution >= 0.6 is 22.7 Å². The quantitative estimate of drug-likeness (QED) is 0.0373. The third-order valence-electron chi connectivity index (χ3n) is 25.5. The molecule has 0 radical (unpaired) electrons. The molecule has 28 nitrogen and oxygen atoms in total. The molecule has 7 fully saturated rings. The topological polar surface area (TPSA) is 267 Å². The number of benzene rings is 3. The van der Waals surface area contributed by atoms with E-state index >= 15 is 0 Å². The Bertz CT molecular complexity index is 4980. The molecule has 7 saturated heterocycles. The molecule has 30 heteroatoms. The zero-order valence-electron chi connectivity index (χ0n) is 74.0. The Hall–Kier alpha value is -9.40. The smallest absolute Gasteiger partial charge is 0.243 e. The van der Waals surface area contributed by atoms with Gasteiger partial charge in [0, 0.05) is 213 Å². The SMILES string of the molecule is COc1c(C)cc2cccnc2c1N1CCCN(C(C(=O)NCCN2CCCC2)c2csc(C(C)C)n2)CC1.COc1ccc2cccnc2c1N1CCCN(C(CC(=O)NC2CCN(C)CC2)c2ccn(C(C)C)n2)CC1.COc1ccc2cccnc2c1N1CCCN(C(CC(=O)NCCN2CCCC2=O)c2csc(N3CCC(C)(O)CC3)n2)CC1. The fourth-order valence-electron chi connectivity index (χ4n) is 18.6.